The van der Waals surface area contributed by atoms with Gasteiger partial charge in [0.05, 0.1) is 22.3 Å². The largest absolute Gasteiger partial charge is 0.457 e. The van der Waals surface area contributed by atoms with Crippen LogP contribution in [0.5, 0.6) is 11.5 Å². The maximum atomic E-state index is 6.68. The maximum absolute atomic E-state index is 6.68. The van der Waals surface area contributed by atoms with Gasteiger partial charge in [0, 0.05) is 39.4 Å². The van der Waals surface area contributed by atoms with Crippen molar-refractivity contribution in [1.82, 2.24) is 15.0 Å². The van der Waals surface area contributed by atoms with Crippen LogP contribution in [-0.4, -0.2) is 15.0 Å². The number of benzene rings is 7. The van der Waals surface area contributed by atoms with Crippen molar-refractivity contribution in [2.75, 3.05) is 0 Å². The van der Waals surface area contributed by atoms with E-state index >= 15 is 0 Å². The van der Waals surface area contributed by atoms with E-state index in [0.29, 0.717) is 5.82 Å². The van der Waals surface area contributed by atoms with Crippen LogP contribution in [-0.2, 0) is 5.41 Å². The van der Waals surface area contributed by atoms with Crippen LogP contribution in [0.3, 0.4) is 0 Å². The molecule has 0 fully saturated rings. The van der Waals surface area contributed by atoms with E-state index in [-0.39, 0.29) is 0 Å². The summed E-state index contributed by atoms with van der Waals surface area (Å²) in [5, 5.41) is 1.11. The lowest BCUT2D eigenvalue weighted by atomic mass is 9.66. The van der Waals surface area contributed by atoms with Crippen molar-refractivity contribution in [3.8, 4) is 67.7 Å². The van der Waals surface area contributed by atoms with Crippen molar-refractivity contribution in [3.05, 3.63) is 210 Å². The van der Waals surface area contributed by atoms with Gasteiger partial charge in [0.2, 0.25) is 0 Å². The Morgan fingerprint density at radius 2 is 0.963 bits per heavy atom. The third kappa shape index (κ3) is 4.40. The van der Waals surface area contributed by atoms with Crippen LogP contribution in [0.4, 0.5) is 0 Å². The molecule has 4 heteroatoms. The Morgan fingerprint density at radius 1 is 0.407 bits per heavy atom. The van der Waals surface area contributed by atoms with Gasteiger partial charge in [-0.15, -0.1) is 0 Å². The standard InChI is InChI=1S/C50H31N3O/c1-3-15-32(16-4-1)43-31-44(53-49(52-43)33-17-5-2-6-18-33)37-21-12-26-41-48(37)47-36(34-19-13-27-42-35(34)22-14-30-51-42)20-11-25-40(47)50(41)38-23-7-9-28-45(38)54-46-29-10-8-24-39(46)50/h1-31H. The van der Waals surface area contributed by atoms with E-state index in [1.807, 2.05) is 36.5 Å². The Morgan fingerprint density at radius 3 is 1.69 bits per heavy atom. The van der Waals surface area contributed by atoms with Crippen molar-refractivity contribution in [2.24, 2.45) is 0 Å². The highest BCUT2D eigenvalue weighted by Gasteiger charge is 2.52. The molecule has 0 unspecified atom stereocenters. The van der Waals surface area contributed by atoms with Gasteiger partial charge >= 0.3 is 0 Å². The molecule has 9 aromatic rings. The Labute approximate surface area is 313 Å². The van der Waals surface area contributed by atoms with Crippen LogP contribution in [0.1, 0.15) is 22.3 Å². The van der Waals surface area contributed by atoms with Gasteiger partial charge < -0.3 is 4.74 Å². The molecule has 2 aromatic heterocycles. The predicted molar refractivity (Wildman–Crippen MR) is 216 cm³/mol. The Kier molecular flexibility index (Phi) is 6.73. The van der Waals surface area contributed by atoms with E-state index in [4.69, 9.17) is 19.7 Å². The first kappa shape index (κ1) is 30.5. The summed E-state index contributed by atoms with van der Waals surface area (Å²) in [5.74, 6) is 2.41. The van der Waals surface area contributed by atoms with Crippen LogP contribution >= 0.6 is 0 Å². The van der Waals surface area contributed by atoms with E-state index < -0.39 is 5.41 Å². The number of aromatic nitrogens is 3. The van der Waals surface area contributed by atoms with Gasteiger partial charge in [-0.2, -0.15) is 0 Å². The van der Waals surface area contributed by atoms with E-state index in [1.54, 1.807) is 0 Å². The average Bonchev–Trinajstić information content (AvgIpc) is 3.55. The summed E-state index contributed by atoms with van der Waals surface area (Å²) < 4.78 is 6.68. The summed E-state index contributed by atoms with van der Waals surface area (Å²) in [6.45, 7) is 0. The smallest absolute Gasteiger partial charge is 0.160 e. The highest BCUT2D eigenvalue weighted by molar-refractivity contribution is 6.06. The normalized spacial score (nSPS) is 13.1. The highest BCUT2D eigenvalue weighted by Crippen LogP contribution is 2.64. The number of para-hydroxylation sites is 2. The van der Waals surface area contributed by atoms with Gasteiger partial charge in [0.15, 0.2) is 5.82 Å². The maximum Gasteiger partial charge on any atom is 0.160 e. The van der Waals surface area contributed by atoms with Gasteiger partial charge in [-0.25, -0.2) is 9.97 Å². The van der Waals surface area contributed by atoms with Crippen LogP contribution in [0.15, 0.2) is 188 Å². The van der Waals surface area contributed by atoms with Crippen LogP contribution < -0.4 is 4.74 Å². The molecule has 1 aliphatic carbocycles. The first-order chi connectivity index (χ1) is 26.8. The van der Waals surface area contributed by atoms with Crippen molar-refractivity contribution >= 4 is 10.9 Å². The minimum Gasteiger partial charge on any atom is -0.457 e. The first-order valence-corrected chi connectivity index (χ1v) is 18.3. The van der Waals surface area contributed by atoms with Gasteiger partial charge in [0.1, 0.15) is 11.5 Å². The fraction of sp³-hybridized carbons (Fsp3) is 0.0200. The molecule has 4 nitrogen and oxygen atoms in total. The molecule has 0 saturated heterocycles. The molecule has 0 amide bonds. The van der Waals surface area contributed by atoms with Gasteiger partial charge in [-0.3, -0.25) is 4.98 Å². The highest BCUT2D eigenvalue weighted by atomic mass is 16.5. The molecule has 1 spiro atoms. The molecule has 0 saturated carbocycles. The lowest BCUT2D eigenvalue weighted by Crippen LogP contribution is -2.32. The van der Waals surface area contributed by atoms with Crippen molar-refractivity contribution in [3.63, 3.8) is 0 Å². The zero-order valence-corrected chi connectivity index (χ0v) is 29.1. The summed E-state index contributed by atoms with van der Waals surface area (Å²) in [4.78, 5) is 15.3. The van der Waals surface area contributed by atoms with Crippen LogP contribution in [0.25, 0.3) is 67.1 Å². The number of nitrogens with zero attached hydrogens (tertiary/aromatic N) is 3. The Balaban J connectivity index is 1.29. The lowest BCUT2D eigenvalue weighted by Gasteiger charge is -2.39. The predicted octanol–water partition coefficient (Wildman–Crippen LogP) is 12.2. The monoisotopic (exact) mass is 689 g/mol. The zero-order chi connectivity index (χ0) is 35.6. The SMILES string of the molecule is c1ccc(-c2cc(-c3cccc4c3-c3c(-c5cccc6ncccc56)cccc3C43c4ccccc4Oc4ccccc43)nc(-c3ccccc3)n2)cc1. The first-order valence-electron chi connectivity index (χ1n) is 18.3. The van der Waals surface area contributed by atoms with Crippen LogP contribution in [0, 0.1) is 0 Å². The number of rotatable bonds is 4. The molecular weight excluding hydrogens is 659 g/mol. The Hall–Kier alpha value is -7.17. The fourth-order valence-corrected chi connectivity index (χ4v) is 8.82. The molecule has 0 N–H and O–H groups in total. The average molecular weight is 690 g/mol. The topological polar surface area (TPSA) is 47.9 Å². The lowest BCUT2D eigenvalue weighted by molar-refractivity contribution is 0.436. The molecule has 11 rings (SSSR count). The van der Waals surface area contributed by atoms with Crippen LogP contribution in [0.2, 0.25) is 0 Å². The molecule has 7 aromatic carbocycles. The molecule has 3 heterocycles. The minimum absolute atomic E-state index is 0.650. The second-order valence-electron chi connectivity index (χ2n) is 13.9. The van der Waals surface area contributed by atoms with E-state index in [1.165, 1.54) is 16.7 Å². The zero-order valence-electron chi connectivity index (χ0n) is 29.1. The number of hydrogen-bond donors (Lipinski definition) is 0. The Bertz CT molecular complexity index is 2810. The second kappa shape index (κ2) is 11.9. The summed E-state index contributed by atoms with van der Waals surface area (Å²) >= 11 is 0. The quantitative estimate of drug-likeness (QED) is 0.185. The van der Waals surface area contributed by atoms with Gasteiger partial charge in [-0.05, 0) is 63.7 Å². The van der Waals surface area contributed by atoms with E-state index in [2.05, 4.69) is 152 Å². The van der Waals surface area contributed by atoms with Crippen molar-refractivity contribution in [2.45, 2.75) is 5.41 Å². The number of pyridine rings is 1. The van der Waals surface area contributed by atoms with Gasteiger partial charge in [-0.1, -0.05) is 152 Å². The summed E-state index contributed by atoms with van der Waals surface area (Å²) in [6, 6.07) is 64.0. The molecule has 1 aliphatic heterocycles. The molecule has 0 atom stereocenters. The molecular formula is C50H31N3O. The van der Waals surface area contributed by atoms with Crippen molar-refractivity contribution in [1.29, 1.82) is 0 Å². The van der Waals surface area contributed by atoms with E-state index in [0.717, 1.165) is 78.3 Å². The summed E-state index contributed by atoms with van der Waals surface area (Å²) in [6.07, 6.45) is 1.86. The number of ether oxygens (including phenoxy) is 1. The van der Waals surface area contributed by atoms with Gasteiger partial charge in [0.25, 0.3) is 0 Å². The number of fused-ring (bicyclic) bond motifs is 10. The molecule has 54 heavy (non-hydrogen) atoms. The molecule has 0 radical (unpaired) electrons. The molecule has 252 valence electrons. The third-order valence-electron chi connectivity index (χ3n) is 11.0. The summed E-state index contributed by atoms with van der Waals surface area (Å²) in [7, 11) is 0. The fourth-order valence-electron chi connectivity index (χ4n) is 8.82. The summed E-state index contributed by atoms with van der Waals surface area (Å²) in [5.41, 5.74) is 14.4. The molecule has 0 bridgehead atoms. The molecule has 2 aliphatic rings. The minimum atomic E-state index is -0.650. The second-order valence-corrected chi connectivity index (χ2v) is 13.9. The van der Waals surface area contributed by atoms with Crippen molar-refractivity contribution < 1.29 is 4.74 Å². The third-order valence-corrected chi connectivity index (χ3v) is 11.0. The number of hydrogen-bond acceptors (Lipinski definition) is 4. The van der Waals surface area contributed by atoms with E-state index in [9.17, 15) is 0 Å².